The van der Waals surface area contributed by atoms with E-state index >= 15 is 0 Å². The van der Waals surface area contributed by atoms with Crippen LogP contribution in [0.15, 0.2) is 66.2 Å². The standard InChI is InChI=1S/C21H25N/c1-4-22(5-2)21-15-13-19(14-16-21)12-11-18(3)17-20-9-7-6-8-10-20/h6-17H,4-5H2,1-3H3. The smallest absolute Gasteiger partial charge is 0.0366 e. The first-order valence-electron chi connectivity index (χ1n) is 7.99. The van der Waals surface area contributed by atoms with Crippen molar-refractivity contribution in [1.82, 2.24) is 0 Å². The summed E-state index contributed by atoms with van der Waals surface area (Å²) in [4.78, 5) is 2.36. The number of allylic oxidation sites excluding steroid dienone is 2. The van der Waals surface area contributed by atoms with Crippen LogP contribution in [0.25, 0.3) is 12.2 Å². The average Bonchev–Trinajstić information content (AvgIpc) is 2.56. The summed E-state index contributed by atoms with van der Waals surface area (Å²) >= 11 is 0. The van der Waals surface area contributed by atoms with Gasteiger partial charge in [-0.05, 0) is 44.0 Å². The number of anilines is 1. The van der Waals surface area contributed by atoms with E-state index in [2.05, 4.69) is 92.4 Å². The van der Waals surface area contributed by atoms with Crippen molar-refractivity contribution in [3.8, 4) is 0 Å². The number of nitrogens with zero attached hydrogens (tertiary/aromatic N) is 1. The Balaban J connectivity index is 2.05. The van der Waals surface area contributed by atoms with Gasteiger partial charge in [0.25, 0.3) is 0 Å². The van der Waals surface area contributed by atoms with Crippen molar-refractivity contribution >= 4 is 17.8 Å². The first-order valence-corrected chi connectivity index (χ1v) is 7.99. The van der Waals surface area contributed by atoms with Crippen molar-refractivity contribution in [1.29, 1.82) is 0 Å². The Kier molecular flexibility index (Phi) is 6.02. The molecule has 0 N–H and O–H groups in total. The third-order valence-corrected chi connectivity index (χ3v) is 3.75. The lowest BCUT2D eigenvalue weighted by Gasteiger charge is -2.20. The molecule has 0 aliphatic rings. The highest BCUT2D eigenvalue weighted by Gasteiger charge is 1.99. The van der Waals surface area contributed by atoms with E-state index < -0.39 is 0 Å². The number of rotatable bonds is 6. The lowest BCUT2D eigenvalue weighted by Crippen LogP contribution is -2.21. The highest BCUT2D eigenvalue weighted by atomic mass is 15.1. The van der Waals surface area contributed by atoms with Crippen molar-refractivity contribution in [2.24, 2.45) is 0 Å². The highest BCUT2D eigenvalue weighted by Crippen LogP contribution is 2.16. The van der Waals surface area contributed by atoms with Crippen LogP contribution in [0.4, 0.5) is 5.69 Å². The maximum absolute atomic E-state index is 2.36. The molecule has 22 heavy (non-hydrogen) atoms. The van der Waals surface area contributed by atoms with E-state index in [1.54, 1.807) is 0 Å². The second-order valence-corrected chi connectivity index (χ2v) is 5.40. The Morgan fingerprint density at radius 3 is 2.09 bits per heavy atom. The summed E-state index contributed by atoms with van der Waals surface area (Å²) in [5.74, 6) is 0. The molecule has 0 aliphatic carbocycles. The van der Waals surface area contributed by atoms with E-state index in [9.17, 15) is 0 Å². The summed E-state index contributed by atoms with van der Waals surface area (Å²) in [5, 5.41) is 0. The minimum atomic E-state index is 1.05. The van der Waals surface area contributed by atoms with E-state index in [-0.39, 0.29) is 0 Å². The molecule has 0 aliphatic heterocycles. The van der Waals surface area contributed by atoms with Crippen molar-refractivity contribution in [2.45, 2.75) is 20.8 Å². The van der Waals surface area contributed by atoms with Gasteiger partial charge < -0.3 is 4.90 Å². The summed E-state index contributed by atoms with van der Waals surface area (Å²) < 4.78 is 0. The Morgan fingerprint density at radius 1 is 0.864 bits per heavy atom. The molecule has 0 saturated heterocycles. The number of hydrogen-bond donors (Lipinski definition) is 0. The number of benzene rings is 2. The molecule has 0 amide bonds. The van der Waals surface area contributed by atoms with E-state index in [0.717, 1.165) is 13.1 Å². The molecule has 0 fully saturated rings. The zero-order valence-electron chi connectivity index (χ0n) is 13.8. The molecule has 0 aromatic heterocycles. The quantitative estimate of drug-likeness (QED) is 0.622. The number of hydrogen-bond acceptors (Lipinski definition) is 1. The molecular weight excluding hydrogens is 266 g/mol. The molecule has 1 nitrogen and oxygen atoms in total. The van der Waals surface area contributed by atoms with Crippen LogP contribution in [0.2, 0.25) is 0 Å². The molecule has 0 radical (unpaired) electrons. The van der Waals surface area contributed by atoms with Gasteiger partial charge in [-0.1, -0.05) is 66.3 Å². The second kappa shape index (κ2) is 8.23. The molecule has 0 atom stereocenters. The Hall–Kier alpha value is -2.28. The molecule has 2 aromatic rings. The van der Waals surface area contributed by atoms with Gasteiger partial charge in [0.1, 0.15) is 0 Å². The van der Waals surface area contributed by atoms with Crippen molar-refractivity contribution in [3.05, 3.63) is 77.4 Å². The Labute approximate surface area is 134 Å². The summed E-state index contributed by atoms with van der Waals surface area (Å²) in [6.45, 7) is 8.60. The van der Waals surface area contributed by atoms with E-state index in [1.807, 2.05) is 6.07 Å². The molecule has 0 spiro atoms. The third-order valence-electron chi connectivity index (χ3n) is 3.75. The highest BCUT2D eigenvalue weighted by molar-refractivity contribution is 5.62. The van der Waals surface area contributed by atoms with Gasteiger partial charge in [0.05, 0.1) is 0 Å². The first-order chi connectivity index (χ1) is 10.7. The summed E-state index contributed by atoms with van der Waals surface area (Å²) in [6.07, 6.45) is 6.53. The fourth-order valence-electron chi connectivity index (χ4n) is 2.47. The molecule has 0 heterocycles. The maximum Gasteiger partial charge on any atom is 0.0366 e. The van der Waals surface area contributed by atoms with E-state index in [1.165, 1.54) is 22.4 Å². The van der Waals surface area contributed by atoms with E-state index in [0.29, 0.717) is 0 Å². The molecule has 0 bridgehead atoms. The van der Waals surface area contributed by atoms with Crippen molar-refractivity contribution in [2.75, 3.05) is 18.0 Å². The van der Waals surface area contributed by atoms with Gasteiger partial charge in [-0.2, -0.15) is 0 Å². The molecule has 0 unspecified atom stereocenters. The average molecular weight is 291 g/mol. The summed E-state index contributed by atoms with van der Waals surface area (Å²) in [7, 11) is 0. The van der Waals surface area contributed by atoms with Crippen LogP contribution in [-0.4, -0.2) is 13.1 Å². The maximum atomic E-state index is 2.36. The largest absolute Gasteiger partial charge is 0.372 e. The van der Waals surface area contributed by atoms with Crippen LogP contribution in [0.1, 0.15) is 31.9 Å². The van der Waals surface area contributed by atoms with Crippen molar-refractivity contribution in [3.63, 3.8) is 0 Å². The van der Waals surface area contributed by atoms with Gasteiger partial charge in [-0.15, -0.1) is 0 Å². The van der Waals surface area contributed by atoms with Crippen LogP contribution >= 0.6 is 0 Å². The first kappa shape index (κ1) is 16.1. The topological polar surface area (TPSA) is 3.24 Å². The lowest BCUT2D eigenvalue weighted by molar-refractivity contribution is 0.866. The second-order valence-electron chi connectivity index (χ2n) is 5.40. The predicted octanol–water partition coefficient (Wildman–Crippen LogP) is 5.65. The van der Waals surface area contributed by atoms with Gasteiger partial charge in [-0.3, -0.25) is 0 Å². The normalized spacial score (nSPS) is 11.9. The van der Waals surface area contributed by atoms with Gasteiger partial charge >= 0.3 is 0 Å². The fraction of sp³-hybridized carbons (Fsp3) is 0.238. The monoisotopic (exact) mass is 291 g/mol. The van der Waals surface area contributed by atoms with Gasteiger partial charge in [0, 0.05) is 18.8 Å². The SMILES string of the molecule is CCN(CC)c1ccc(C=CC(C)=Cc2ccccc2)cc1. The molecule has 2 aromatic carbocycles. The summed E-state index contributed by atoms with van der Waals surface area (Å²) in [6, 6.07) is 19.2. The minimum Gasteiger partial charge on any atom is -0.372 e. The molecule has 114 valence electrons. The summed E-state index contributed by atoms with van der Waals surface area (Å²) in [5.41, 5.74) is 5.01. The van der Waals surface area contributed by atoms with Gasteiger partial charge in [0.15, 0.2) is 0 Å². The Morgan fingerprint density at radius 2 is 1.50 bits per heavy atom. The van der Waals surface area contributed by atoms with Gasteiger partial charge in [-0.25, -0.2) is 0 Å². The zero-order chi connectivity index (χ0) is 15.8. The van der Waals surface area contributed by atoms with Crippen LogP contribution in [0.5, 0.6) is 0 Å². The van der Waals surface area contributed by atoms with Crippen LogP contribution in [-0.2, 0) is 0 Å². The minimum absolute atomic E-state index is 1.05. The Bertz CT molecular complexity index is 617. The van der Waals surface area contributed by atoms with Crippen LogP contribution in [0.3, 0.4) is 0 Å². The third kappa shape index (κ3) is 4.63. The van der Waals surface area contributed by atoms with Gasteiger partial charge in [0.2, 0.25) is 0 Å². The molecular formula is C21H25N. The van der Waals surface area contributed by atoms with Crippen LogP contribution in [0, 0.1) is 0 Å². The van der Waals surface area contributed by atoms with Crippen LogP contribution < -0.4 is 4.90 Å². The predicted molar refractivity (Wildman–Crippen MR) is 99.1 cm³/mol. The lowest BCUT2D eigenvalue weighted by atomic mass is 10.1. The zero-order valence-corrected chi connectivity index (χ0v) is 13.8. The fourth-order valence-corrected chi connectivity index (χ4v) is 2.47. The molecule has 1 heteroatoms. The molecule has 0 saturated carbocycles. The molecule has 2 rings (SSSR count). The van der Waals surface area contributed by atoms with E-state index in [4.69, 9.17) is 0 Å². The van der Waals surface area contributed by atoms with Crippen molar-refractivity contribution < 1.29 is 0 Å².